The molecule has 0 radical (unpaired) electrons. The first-order valence-electron chi connectivity index (χ1n) is 4.98. The van der Waals surface area contributed by atoms with E-state index in [1.807, 2.05) is 19.2 Å². The van der Waals surface area contributed by atoms with Gasteiger partial charge in [0, 0.05) is 18.0 Å². The van der Waals surface area contributed by atoms with Crippen molar-refractivity contribution >= 4 is 0 Å². The molecular formula is C13H17NO. The van der Waals surface area contributed by atoms with E-state index in [0.29, 0.717) is 6.42 Å². The standard InChI is InChI=1S/C13H17NO/c1-5-6-12(14-3)11-9-10(2)7-8-13(11)15-4/h1,7-9,12,14H,6H2,2-4H3. The lowest BCUT2D eigenvalue weighted by atomic mass is 10.0. The van der Waals surface area contributed by atoms with Crippen molar-refractivity contribution in [1.29, 1.82) is 0 Å². The van der Waals surface area contributed by atoms with Crippen LogP contribution in [0.1, 0.15) is 23.6 Å². The number of terminal acetylenes is 1. The van der Waals surface area contributed by atoms with Gasteiger partial charge in [-0.2, -0.15) is 0 Å². The predicted octanol–water partition coefficient (Wildman–Crippen LogP) is 2.29. The molecule has 0 spiro atoms. The summed E-state index contributed by atoms with van der Waals surface area (Å²) in [6.07, 6.45) is 6.00. The van der Waals surface area contributed by atoms with Crippen LogP contribution >= 0.6 is 0 Å². The van der Waals surface area contributed by atoms with Gasteiger partial charge in [-0.3, -0.25) is 0 Å². The number of methoxy groups -OCH3 is 1. The molecule has 1 aromatic rings. The van der Waals surface area contributed by atoms with Gasteiger partial charge in [0.1, 0.15) is 5.75 Å². The SMILES string of the molecule is C#CCC(NC)c1cc(C)ccc1OC. The number of aryl methyl sites for hydroxylation is 1. The predicted molar refractivity (Wildman–Crippen MR) is 63.0 cm³/mol. The van der Waals surface area contributed by atoms with Gasteiger partial charge in [0.15, 0.2) is 0 Å². The fourth-order valence-corrected chi connectivity index (χ4v) is 1.61. The molecule has 15 heavy (non-hydrogen) atoms. The first kappa shape index (κ1) is 11.6. The van der Waals surface area contributed by atoms with Gasteiger partial charge >= 0.3 is 0 Å². The summed E-state index contributed by atoms with van der Waals surface area (Å²) < 4.78 is 5.32. The van der Waals surface area contributed by atoms with Gasteiger partial charge in [-0.15, -0.1) is 12.3 Å². The number of benzene rings is 1. The van der Waals surface area contributed by atoms with Gasteiger partial charge in [0.05, 0.1) is 7.11 Å². The van der Waals surface area contributed by atoms with Crippen molar-refractivity contribution in [2.24, 2.45) is 0 Å². The highest BCUT2D eigenvalue weighted by Gasteiger charge is 2.13. The lowest BCUT2D eigenvalue weighted by molar-refractivity contribution is 0.402. The van der Waals surface area contributed by atoms with E-state index in [1.165, 1.54) is 5.56 Å². The van der Waals surface area contributed by atoms with Crippen molar-refractivity contribution in [2.75, 3.05) is 14.2 Å². The van der Waals surface area contributed by atoms with Crippen LogP contribution in [0, 0.1) is 19.3 Å². The summed E-state index contributed by atoms with van der Waals surface area (Å²) in [5.74, 6) is 3.55. The summed E-state index contributed by atoms with van der Waals surface area (Å²) in [4.78, 5) is 0. The second kappa shape index (κ2) is 5.43. The molecule has 2 heteroatoms. The van der Waals surface area contributed by atoms with Crippen LogP contribution in [0.15, 0.2) is 18.2 Å². The molecule has 1 aromatic carbocycles. The van der Waals surface area contributed by atoms with Crippen LogP contribution in [-0.2, 0) is 0 Å². The zero-order chi connectivity index (χ0) is 11.3. The Kier molecular flexibility index (Phi) is 4.20. The first-order chi connectivity index (χ1) is 7.22. The van der Waals surface area contributed by atoms with Crippen molar-refractivity contribution < 1.29 is 4.74 Å². The monoisotopic (exact) mass is 203 g/mol. The normalized spacial score (nSPS) is 11.9. The third-order valence-electron chi connectivity index (χ3n) is 2.43. The molecule has 2 nitrogen and oxygen atoms in total. The molecule has 0 saturated heterocycles. The van der Waals surface area contributed by atoms with Gasteiger partial charge in [-0.05, 0) is 20.0 Å². The fourth-order valence-electron chi connectivity index (χ4n) is 1.61. The van der Waals surface area contributed by atoms with Crippen LogP contribution in [0.25, 0.3) is 0 Å². The van der Waals surface area contributed by atoms with E-state index in [4.69, 9.17) is 11.2 Å². The molecule has 0 fully saturated rings. The van der Waals surface area contributed by atoms with Crippen molar-refractivity contribution in [2.45, 2.75) is 19.4 Å². The molecule has 0 bridgehead atoms. The largest absolute Gasteiger partial charge is 0.496 e. The fraction of sp³-hybridized carbons (Fsp3) is 0.385. The molecular weight excluding hydrogens is 186 g/mol. The molecule has 1 atom stereocenters. The van der Waals surface area contributed by atoms with Crippen molar-refractivity contribution in [3.05, 3.63) is 29.3 Å². The summed E-state index contributed by atoms with van der Waals surface area (Å²) in [7, 11) is 3.58. The van der Waals surface area contributed by atoms with Gasteiger partial charge in [-0.25, -0.2) is 0 Å². The first-order valence-corrected chi connectivity index (χ1v) is 4.98. The molecule has 0 aromatic heterocycles. The van der Waals surface area contributed by atoms with E-state index < -0.39 is 0 Å². The molecule has 80 valence electrons. The summed E-state index contributed by atoms with van der Waals surface area (Å²) in [5, 5.41) is 3.20. The average Bonchev–Trinajstić information content (AvgIpc) is 2.26. The Labute approximate surface area is 91.6 Å². The Balaban J connectivity index is 3.09. The zero-order valence-corrected chi connectivity index (χ0v) is 9.50. The topological polar surface area (TPSA) is 21.3 Å². The number of ether oxygens (including phenoxy) is 1. The molecule has 0 aliphatic carbocycles. The second-order valence-electron chi connectivity index (χ2n) is 3.49. The molecule has 0 aliphatic heterocycles. The molecule has 0 aliphatic rings. The Hall–Kier alpha value is -1.46. The molecule has 1 rings (SSSR count). The Morgan fingerprint density at radius 1 is 1.53 bits per heavy atom. The maximum atomic E-state index is 5.34. The van der Waals surface area contributed by atoms with Crippen LogP contribution < -0.4 is 10.1 Å². The van der Waals surface area contributed by atoms with E-state index in [0.717, 1.165) is 11.3 Å². The Bertz CT molecular complexity index is 365. The minimum absolute atomic E-state index is 0.157. The molecule has 1 N–H and O–H groups in total. The number of nitrogens with one attached hydrogen (secondary N) is 1. The van der Waals surface area contributed by atoms with E-state index in [9.17, 15) is 0 Å². The smallest absolute Gasteiger partial charge is 0.123 e. The zero-order valence-electron chi connectivity index (χ0n) is 9.50. The van der Waals surface area contributed by atoms with E-state index in [1.54, 1.807) is 7.11 Å². The van der Waals surface area contributed by atoms with Gasteiger partial charge in [0.25, 0.3) is 0 Å². The summed E-state index contributed by atoms with van der Waals surface area (Å²) in [5.41, 5.74) is 2.33. The summed E-state index contributed by atoms with van der Waals surface area (Å²) in [6, 6.07) is 6.28. The third-order valence-corrected chi connectivity index (χ3v) is 2.43. The Morgan fingerprint density at radius 2 is 2.27 bits per heavy atom. The van der Waals surface area contributed by atoms with Crippen LogP contribution in [0.4, 0.5) is 0 Å². The quantitative estimate of drug-likeness (QED) is 0.758. The second-order valence-corrected chi connectivity index (χ2v) is 3.49. The molecule has 0 amide bonds. The number of hydrogen-bond acceptors (Lipinski definition) is 2. The summed E-state index contributed by atoms with van der Waals surface area (Å²) in [6.45, 7) is 2.06. The van der Waals surface area contributed by atoms with Crippen LogP contribution in [0.5, 0.6) is 5.75 Å². The lowest BCUT2D eigenvalue weighted by Crippen LogP contribution is -2.16. The van der Waals surface area contributed by atoms with E-state index >= 15 is 0 Å². The maximum Gasteiger partial charge on any atom is 0.123 e. The van der Waals surface area contributed by atoms with Gasteiger partial charge in [-0.1, -0.05) is 17.7 Å². The average molecular weight is 203 g/mol. The highest BCUT2D eigenvalue weighted by molar-refractivity contribution is 5.39. The van der Waals surface area contributed by atoms with Crippen molar-refractivity contribution in [3.63, 3.8) is 0 Å². The van der Waals surface area contributed by atoms with Crippen LogP contribution in [-0.4, -0.2) is 14.2 Å². The minimum atomic E-state index is 0.157. The van der Waals surface area contributed by atoms with Gasteiger partial charge < -0.3 is 10.1 Å². The van der Waals surface area contributed by atoms with E-state index in [2.05, 4.69) is 24.2 Å². The highest BCUT2D eigenvalue weighted by atomic mass is 16.5. The molecule has 0 heterocycles. The molecule has 0 saturated carbocycles. The maximum absolute atomic E-state index is 5.34. The summed E-state index contributed by atoms with van der Waals surface area (Å²) >= 11 is 0. The Morgan fingerprint density at radius 3 is 2.80 bits per heavy atom. The number of hydrogen-bond donors (Lipinski definition) is 1. The third kappa shape index (κ3) is 2.74. The van der Waals surface area contributed by atoms with Crippen molar-refractivity contribution in [1.82, 2.24) is 5.32 Å². The minimum Gasteiger partial charge on any atom is -0.496 e. The van der Waals surface area contributed by atoms with Crippen LogP contribution in [0.2, 0.25) is 0 Å². The lowest BCUT2D eigenvalue weighted by Gasteiger charge is -2.17. The highest BCUT2D eigenvalue weighted by Crippen LogP contribution is 2.27. The van der Waals surface area contributed by atoms with Gasteiger partial charge in [0.2, 0.25) is 0 Å². The number of rotatable bonds is 4. The van der Waals surface area contributed by atoms with Crippen molar-refractivity contribution in [3.8, 4) is 18.1 Å². The van der Waals surface area contributed by atoms with Crippen LogP contribution in [0.3, 0.4) is 0 Å². The van der Waals surface area contributed by atoms with E-state index in [-0.39, 0.29) is 6.04 Å². The molecule has 1 unspecified atom stereocenters.